The van der Waals surface area contributed by atoms with E-state index < -0.39 is 11.8 Å². The van der Waals surface area contributed by atoms with Crippen molar-refractivity contribution in [1.29, 1.82) is 0 Å². The fraction of sp³-hybridized carbons (Fsp3) is 0.190. The van der Waals surface area contributed by atoms with Crippen molar-refractivity contribution in [3.8, 4) is 5.69 Å². The van der Waals surface area contributed by atoms with E-state index in [9.17, 15) is 9.59 Å². The van der Waals surface area contributed by atoms with Gasteiger partial charge in [0.2, 0.25) is 0 Å². The van der Waals surface area contributed by atoms with Gasteiger partial charge in [-0.25, -0.2) is 4.68 Å². The minimum absolute atomic E-state index is 0.255. The van der Waals surface area contributed by atoms with Gasteiger partial charge in [-0.1, -0.05) is 29.3 Å². The highest BCUT2D eigenvalue weighted by molar-refractivity contribution is 6.31. The zero-order chi connectivity index (χ0) is 20.5. The van der Waals surface area contributed by atoms with Gasteiger partial charge in [-0.2, -0.15) is 5.10 Å². The third-order valence-corrected chi connectivity index (χ3v) is 5.47. The molecule has 1 heterocycles. The summed E-state index contributed by atoms with van der Waals surface area (Å²) in [5.74, 6) is -0.593. The van der Waals surface area contributed by atoms with Crippen molar-refractivity contribution in [2.24, 2.45) is 0 Å². The summed E-state index contributed by atoms with van der Waals surface area (Å²) in [5, 5.41) is 5.57. The van der Waals surface area contributed by atoms with E-state index >= 15 is 0 Å². The minimum atomic E-state index is -0.430. The van der Waals surface area contributed by atoms with E-state index in [1.54, 1.807) is 28.9 Å². The van der Waals surface area contributed by atoms with Gasteiger partial charge in [-0.3, -0.25) is 20.4 Å². The van der Waals surface area contributed by atoms with Crippen LogP contribution in [0.3, 0.4) is 0 Å². The summed E-state index contributed by atoms with van der Waals surface area (Å²) in [7, 11) is 0. The predicted molar refractivity (Wildman–Crippen MR) is 112 cm³/mol. The molecule has 0 spiro atoms. The molecule has 8 heteroatoms. The lowest BCUT2D eigenvalue weighted by Gasteiger charge is -2.11. The molecular formula is C21H18Cl2N4O2. The largest absolute Gasteiger partial charge is 0.273 e. The van der Waals surface area contributed by atoms with E-state index in [-0.39, 0.29) is 5.92 Å². The maximum absolute atomic E-state index is 12.7. The van der Waals surface area contributed by atoms with E-state index in [4.69, 9.17) is 23.2 Å². The van der Waals surface area contributed by atoms with Crippen molar-refractivity contribution in [2.45, 2.75) is 25.7 Å². The number of nitrogens with zero attached hydrogens (tertiary/aromatic N) is 2. The van der Waals surface area contributed by atoms with Crippen LogP contribution in [0.15, 0.2) is 48.7 Å². The molecule has 29 heavy (non-hydrogen) atoms. The van der Waals surface area contributed by atoms with Crippen LogP contribution in [-0.2, 0) is 0 Å². The SMILES string of the molecule is Cc1ccc(-n2ncc(C(=O)NNC(=O)c3ccc(Cl)cc3)c2C2CC2)cc1Cl. The van der Waals surface area contributed by atoms with Gasteiger partial charge < -0.3 is 0 Å². The topological polar surface area (TPSA) is 76.0 Å². The Morgan fingerprint density at radius 3 is 2.38 bits per heavy atom. The number of hydrazine groups is 1. The molecule has 0 aliphatic heterocycles. The summed E-state index contributed by atoms with van der Waals surface area (Å²) in [5.41, 5.74) is 8.31. The van der Waals surface area contributed by atoms with Gasteiger partial charge >= 0.3 is 0 Å². The summed E-state index contributed by atoms with van der Waals surface area (Å²) < 4.78 is 1.75. The van der Waals surface area contributed by atoms with Gasteiger partial charge in [0, 0.05) is 21.5 Å². The lowest BCUT2D eigenvalue weighted by molar-refractivity contribution is 0.0846. The van der Waals surface area contributed by atoms with Gasteiger partial charge in [0.15, 0.2) is 0 Å². The predicted octanol–water partition coefficient (Wildman–Crippen LogP) is 4.44. The Hall–Kier alpha value is -2.83. The van der Waals surface area contributed by atoms with Crippen LogP contribution in [0.25, 0.3) is 5.69 Å². The smallest absolute Gasteiger partial charge is 0.267 e. The maximum Gasteiger partial charge on any atom is 0.273 e. The Labute approximate surface area is 177 Å². The van der Waals surface area contributed by atoms with E-state index in [0.717, 1.165) is 29.8 Å². The van der Waals surface area contributed by atoms with E-state index in [1.807, 2.05) is 25.1 Å². The molecule has 2 amide bonds. The molecule has 2 N–H and O–H groups in total. The first-order valence-electron chi connectivity index (χ1n) is 9.14. The number of aromatic nitrogens is 2. The Morgan fingerprint density at radius 2 is 1.72 bits per heavy atom. The van der Waals surface area contributed by atoms with Gasteiger partial charge in [-0.15, -0.1) is 0 Å². The molecule has 6 nitrogen and oxygen atoms in total. The van der Waals surface area contributed by atoms with E-state index in [1.165, 1.54) is 6.20 Å². The first-order valence-corrected chi connectivity index (χ1v) is 9.90. The molecule has 0 saturated heterocycles. The highest BCUT2D eigenvalue weighted by Gasteiger charge is 2.33. The van der Waals surface area contributed by atoms with Gasteiger partial charge in [0.25, 0.3) is 11.8 Å². The number of aryl methyl sites for hydroxylation is 1. The first kappa shape index (κ1) is 19.5. The molecule has 0 radical (unpaired) electrons. The highest BCUT2D eigenvalue weighted by atomic mass is 35.5. The fourth-order valence-electron chi connectivity index (χ4n) is 3.06. The van der Waals surface area contributed by atoms with Crippen LogP contribution in [0.2, 0.25) is 10.0 Å². The average Bonchev–Trinajstić information content (AvgIpc) is 3.46. The standard InChI is InChI=1S/C21H18Cl2N4O2/c1-12-2-9-16(10-18(12)23)27-19(13-3-4-13)17(11-24-27)21(29)26-25-20(28)14-5-7-15(22)8-6-14/h2,5-11,13H,3-4H2,1H3,(H,25,28)(H,26,29). The molecule has 1 aromatic heterocycles. The second-order valence-electron chi connectivity index (χ2n) is 6.98. The summed E-state index contributed by atoms with van der Waals surface area (Å²) >= 11 is 12.1. The number of carbonyl (C=O) groups excluding carboxylic acids is 2. The first-order chi connectivity index (χ1) is 13.9. The van der Waals surface area contributed by atoms with Crippen LogP contribution in [-0.4, -0.2) is 21.6 Å². The van der Waals surface area contributed by atoms with Crippen LogP contribution in [0.1, 0.15) is 50.7 Å². The zero-order valence-electron chi connectivity index (χ0n) is 15.6. The molecule has 4 rings (SSSR count). The summed E-state index contributed by atoms with van der Waals surface area (Å²) in [4.78, 5) is 24.9. The molecular weight excluding hydrogens is 411 g/mol. The number of hydrogen-bond acceptors (Lipinski definition) is 3. The average molecular weight is 429 g/mol. The molecule has 3 aromatic rings. The third-order valence-electron chi connectivity index (χ3n) is 4.81. The Kier molecular flexibility index (Phi) is 5.30. The lowest BCUT2D eigenvalue weighted by atomic mass is 10.1. The molecule has 1 saturated carbocycles. The molecule has 1 fully saturated rings. The zero-order valence-corrected chi connectivity index (χ0v) is 17.1. The lowest BCUT2D eigenvalue weighted by Crippen LogP contribution is -2.41. The van der Waals surface area contributed by atoms with E-state index in [0.29, 0.717) is 21.2 Å². The number of benzene rings is 2. The molecule has 1 aliphatic carbocycles. The number of rotatable bonds is 4. The van der Waals surface area contributed by atoms with Crippen molar-refractivity contribution >= 4 is 35.0 Å². The molecule has 0 atom stereocenters. The molecule has 0 unspecified atom stereocenters. The maximum atomic E-state index is 12.7. The van der Waals surface area contributed by atoms with Crippen LogP contribution in [0, 0.1) is 6.92 Å². The number of amides is 2. The van der Waals surface area contributed by atoms with Crippen LogP contribution < -0.4 is 10.9 Å². The number of hydrogen-bond donors (Lipinski definition) is 2. The van der Waals surface area contributed by atoms with Gasteiger partial charge in [-0.05, 0) is 61.7 Å². The number of nitrogens with one attached hydrogen (secondary N) is 2. The molecule has 1 aliphatic rings. The monoisotopic (exact) mass is 428 g/mol. The molecule has 0 bridgehead atoms. The third kappa shape index (κ3) is 4.13. The number of halogens is 2. The quantitative estimate of drug-likeness (QED) is 0.603. The second kappa shape index (κ2) is 7.89. The minimum Gasteiger partial charge on any atom is -0.267 e. The molecule has 148 valence electrons. The van der Waals surface area contributed by atoms with Gasteiger partial charge in [0.1, 0.15) is 0 Å². The van der Waals surface area contributed by atoms with Crippen LogP contribution >= 0.6 is 23.2 Å². The number of carbonyl (C=O) groups is 2. The highest BCUT2D eigenvalue weighted by Crippen LogP contribution is 2.42. The van der Waals surface area contributed by atoms with Crippen molar-refractivity contribution < 1.29 is 9.59 Å². The van der Waals surface area contributed by atoms with Crippen molar-refractivity contribution in [3.63, 3.8) is 0 Å². The summed E-state index contributed by atoms with van der Waals surface area (Å²) in [6, 6.07) is 12.1. The fourth-order valence-corrected chi connectivity index (χ4v) is 3.36. The normalized spacial score (nSPS) is 13.2. The summed E-state index contributed by atoms with van der Waals surface area (Å²) in [6.45, 7) is 1.93. The Morgan fingerprint density at radius 1 is 1.03 bits per heavy atom. The van der Waals surface area contributed by atoms with Crippen LogP contribution in [0.4, 0.5) is 0 Å². The van der Waals surface area contributed by atoms with Crippen molar-refractivity contribution in [1.82, 2.24) is 20.6 Å². The van der Waals surface area contributed by atoms with Crippen molar-refractivity contribution in [2.75, 3.05) is 0 Å². The second-order valence-corrected chi connectivity index (χ2v) is 7.82. The molecule has 2 aromatic carbocycles. The Balaban J connectivity index is 1.54. The summed E-state index contributed by atoms with van der Waals surface area (Å²) in [6.07, 6.45) is 3.50. The Bertz CT molecular complexity index is 1090. The van der Waals surface area contributed by atoms with Gasteiger partial charge in [0.05, 0.1) is 23.1 Å². The van der Waals surface area contributed by atoms with Crippen molar-refractivity contribution in [3.05, 3.63) is 81.1 Å². The van der Waals surface area contributed by atoms with E-state index in [2.05, 4.69) is 16.0 Å². The van der Waals surface area contributed by atoms with Crippen LogP contribution in [0.5, 0.6) is 0 Å².